The van der Waals surface area contributed by atoms with Crippen LogP contribution in [-0.2, 0) is 0 Å². The molecule has 0 unspecified atom stereocenters. The minimum Gasteiger partial charge on any atom is -0.338 e. The van der Waals surface area contributed by atoms with Gasteiger partial charge in [0.15, 0.2) is 5.82 Å². The number of hydrogen-bond acceptors (Lipinski definition) is 5. The van der Waals surface area contributed by atoms with Crippen molar-refractivity contribution in [1.29, 1.82) is 5.26 Å². The van der Waals surface area contributed by atoms with Crippen molar-refractivity contribution in [2.24, 2.45) is 5.92 Å². The molecule has 0 aliphatic heterocycles. The molecule has 10 heteroatoms. The third-order valence-corrected chi connectivity index (χ3v) is 5.74. The third kappa shape index (κ3) is 4.88. The van der Waals surface area contributed by atoms with E-state index >= 15 is 0 Å². The van der Waals surface area contributed by atoms with E-state index in [1.807, 2.05) is 0 Å². The second kappa shape index (κ2) is 8.90. The summed E-state index contributed by atoms with van der Waals surface area (Å²) in [7, 11) is 0. The predicted octanol–water partition coefficient (Wildman–Crippen LogP) is 4.93. The number of aromatic amines is 1. The summed E-state index contributed by atoms with van der Waals surface area (Å²) in [6.45, 7) is 3.32. The molecular formula is C23H25F3N6O. The van der Waals surface area contributed by atoms with Crippen LogP contribution in [0.15, 0.2) is 41.3 Å². The number of nitrogens with one attached hydrogen (secondary N) is 3. The van der Waals surface area contributed by atoms with Gasteiger partial charge in [-0.1, -0.05) is 26.0 Å². The Bertz CT molecular complexity index is 1220. The van der Waals surface area contributed by atoms with E-state index in [0.29, 0.717) is 28.3 Å². The molecule has 1 fully saturated rings. The molecule has 2 atom stereocenters. The monoisotopic (exact) mass is 458 g/mol. The molecule has 2 aromatic heterocycles. The minimum absolute atomic E-state index is 0.0952. The van der Waals surface area contributed by atoms with Crippen LogP contribution >= 0.6 is 0 Å². The molecule has 1 aromatic carbocycles. The number of rotatable bonds is 8. The average molecular weight is 458 g/mol. The third-order valence-electron chi connectivity index (χ3n) is 5.74. The Morgan fingerprint density at radius 1 is 1.24 bits per heavy atom. The summed E-state index contributed by atoms with van der Waals surface area (Å²) >= 11 is 0. The minimum atomic E-state index is -4.43. The lowest BCUT2D eigenvalue weighted by Crippen LogP contribution is -2.38. The molecular weight excluding hydrogens is 433 g/mol. The number of nitriles is 1. The van der Waals surface area contributed by atoms with Gasteiger partial charge in [0.1, 0.15) is 11.4 Å². The van der Waals surface area contributed by atoms with E-state index in [4.69, 9.17) is 0 Å². The number of halogens is 3. The zero-order valence-corrected chi connectivity index (χ0v) is 18.3. The predicted molar refractivity (Wildman–Crippen MR) is 119 cm³/mol. The van der Waals surface area contributed by atoms with Crippen molar-refractivity contribution in [3.05, 3.63) is 52.4 Å². The topological polar surface area (TPSA) is 98.5 Å². The molecule has 0 amide bonds. The molecule has 3 aromatic rings. The van der Waals surface area contributed by atoms with Crippen molar-refractivity contribution in [2.45, 2.75) is 57.4 Å². The van der Waals surface area contributed by atoms with Crippen molar-refractivity contribution < 1.29 is 13.2 Å². The zero-order valence-electron chi connectivity index (χ0n) is 18.3. The highest BCUT2D eigenvalue weighted by Crippen LogP contribution is 2.43. The fourth-order valence-corrected chi connectivity index (χ4v) is 4.08. The second-order valence-corrected chi connectivity index (χ2v) is 8.67. The first kappa shape index (κ1) is 22.9. The normalized spacial score (nSPS) is 16.0. The van der Waals surface area contributed by atoms with Crippen LogP contribution in [0.1, 0.15) is 50.8 Å². The van der Waals surface area contributed by atoms with E-state index in [1.165, 1.54) is 30.5 Å². The van der Waals surface area contributed by atoms with Crippen LogP contribution in [0, 0.1) is 17.2 Å². The maximum Gasteiger partial charge on any atom is 0.407 e. The van der Waals surface area contributed by atoms with Gasteiger partial charge in [0.05, 0.1) is 24.0 Å². The number of alkyl halides is 3. The summed E-state index contributed by atoms with van der Waals surface area (Å²) in [5, 5.41) is 19.8. The van der Waals surface area contributed by atoms with E-state index in [0.717, 1.165) is 12.8 Å². The molecule has 174 valence electrons. The van der Waals surface area contributed by atoms with E-state index in [2.05, 4.69) is 26.8 Å². The Balaban J connectivity index is 1.67. The zero-order chi connectivity index (χ0) is 23.8. The van der Waals surface area contributed by atoms with Crippen LogP contribution in [0.25, 0.3) is 10.9 Å². The van der Waals surface area contributed by atoms with Crippen molar-refractivity contribution in [3.63, 3.8) is 0 Å². The quantitative estimate of drug-likeness (QED) is 0.444. The smallest absolute Gasteiger partial charge is 0.338 e. The van der Waals surface area contributed by atoms with Crippen LogP contribution in [-0.4, -0.2) is 27.0 Å². The highest BCUT2D eigenvalue weighted by Gasteiger charge is 2.41. The molecule has 33 heavy (non-hydrogen) atoms. The maximum atomic E-state index is 13.5. The molecule has 0 bridgehead atoms. The SMILES string of the molecule is CC(C)N[C@H](c1ccc(Nc2nn([C@@H](CC#N)C3CC3)c3cc[nH]c(=O)c23)cc1)C(F)(F)F. The van der Waals surface area contributed by atoms with Crippen LogP contribution in [0.5, 0.6) is 0 Å². The molecule has 1 aliphatic rings. The van der Waals surface area contributed by atoms with Gasteiger partial charge in [-0.05, 0) is 42.5 Å². The van der Waals surface area contributed by atoms with Crippen LogP contribution < -0.4 is 16.2 Å². The molecule has 0 saturated heterocycles. The van der Waals surface area contributed by atoms with Gasteiger partial charge in [0, 0.05) is 17.9 Å². The van der Waals surface area contributed by atoms with Gasteiger partial charge in [-0.15, -0.1) is 0 Å². The lowest BCUT2D eigenvalue weighted by atomic mass is 10.1. The Morgan fingerprint density at radius 2 is 1.94 bits per heavy atom. The van der Waals surface area contributed by atoms with Gasteiger partial charge in [0.2, 0.25) is 0 Å². The van der Waals surface area contributed by atoms with Gasteiger partial charge in [-0.25, -0.2) is 0 Å². The molecule has 2 heterocycles. The highest BCUT2D eigenvalue weighted by atomic mass is 19.4. The summed E-state index contributed by atoms with van der Waals surface area (Å²) in [6.07, 6.45) is -0.599. The van der Waals surface area contributed by atoms with E-state index in [1.54, 1.807) is 24.6 Å². The van der Waals surface area contributed by atoms with E-state index < -0.39 is 12.2 Å². The van der Waals surface area contributed by atoms with Gasteiger partial charge < -0.3 is 15.6 Å². The summed E-state index contributed by atoms with van der Waals surface area (Å²) in [5.41, 5.74) is 0.881. The summed E-state index contributed by atoms with van der Waals surface area (Å²) in [6, 6.07) is 7.57. The van der Waals surface area contributed by atoms with Crippen molar-refractivity contribution >= 4 is 22.4 Å². The molecule has 4 rings (SSSR count). The summed E-state index contributed by atoms with van der Waals surface area (Å²) in [4.78, 5) is 15.2. The molecule has 7 nitrogen and oxygen atoms in total. The molecule has 1 aliphatic carbocycles. The van der Waals surface area contributed by atoms with Crippen LogP contribution in [0.4, 0.5) is 24.7 Å². The van der Waals surface area contributed by atoms with E-state index in [-0.39, 0.29) is 29.6 Å². The van der Waals surface area contributed by atoms with Gasteiger partial charge in [0.25, 0.3) is 5.56 Å². The second-order valence-electron chi connectivity index (χ2n) is 8.67. The fraction of sp³-hybridized carbons (Fsp3) is 0.435. The van der Waals surface area contributed by atoms with Gasteiger partial charge >= 0.3 is 6.18 Å². The van der Waals surface area contributed by atoms with Crippen molar-refractivity contribution in [1.82, 2.24) is 20.1 Å². The first-order valence-electron chi connectivity index (χ1n) is 10.9. The Labute approximate surface area is 188 Å². The van der Waals surface area contributed by atoms with Gasteiger partial charge in [-0.2, -0.15) is 23.5 Å². The number of H-pyrrole nitrogens is 1. The fourth-order valence-electron chi connectivity index (χ4n) is 4.08. The number of benzene rings is 1. The largest absolute Gasteiger partial charge is 0.407 e. The van der Waals surface area contributed by atoms with E-state index in [9.17, 15) is 23.2 Å². The van der Waals surface area contributed by atoms with Crippen molar-refractivity contribution in [3.8, 4) is 6.07 Å². The Hall–Kier alpha value is -3.32. The highest BCUT2D eigenvalue weighted by molar-refractivity contribution is 5.91. The molecule has 0 spiro atoms. The Morgan fingerprint density at radius 3 is 2.52 bits per heavy atom. The Kier molecular flexibility index (Phi) is 6.17. The first-order valence-corrected chi connectivity index (χ1v) is 10.9. The summed E-state index contributed by atoms with van der Waals surface area (Å²) in [5.74, 6) is 0.641. The number of anilines is 2. The van der Waals surface area contributed by atoms with Crippen LogP contribution in [0.3, 0.4) is 0 Å². The standard InChI is InChI=1S/C23H25F3N6O/c1-13(2)29-20(23(24,25)26)15-5-7-16(8-6-15)30-21-19-18(10-12-28-22(19)33)32(31-21)17(9-11-27)14-3-4-14/h5-8,10,12-14,17,20,29H,3-4,9H2,1-2H3,(H,28,33)(H,30,31)/t17-,20+/m0/s1. The molecule has 0 radical (unpaired) electrons. The number of nitrogens with zero attached hydrogens (tertiary/aromatic N) is 3. The lowest BCUT2D eigenvalue weighted by Gasteiger charge is -2.24. The number of fused-ring (bicyclic) bond motifs is 1. The number of hydrogen-bond donors (Lipinski definition) is 3. The van der Waals surface area contributed by atoms with Crippen LogP contribution in [0.2, 0.25) is 0 Å². The van der Waals surface area contributed by atoms with Gasteiger partial charge in [-0.3, -0.25) is 9.48 Å². The maximum absolute atomic E-state index is 13.5. The summed E-state index contributed by atoms with van der Waals surface area (Å²) < 4.78 is 42.2. The molecule has 3 N–H and O–H groups in total. The lowest BCUT2D eigenvalue weighted by molar-refractivity contribution is -0.159. The number of pyridine rings is 1. The molecule has 1 saturated carbocycles. The average Bonchev–Trinajstić information content (AvgIpc) is 3.52. The van der Waals surface area contributed by atoms with Crippen molar-refractivity contribution in [2.75, 3.05) is 5.32 Å². The first-order chi connectivity index (χ1) is 15.7. The number of aromatic nitrogens is 3.